The van der Waals surface area contributed by atoms with Crippen molar-refractivity contribution < 1.29 is 35.1 Å². The summed E-state index contributed by atoms with van der Waals surface area (Å²) in [6, 6.07) is 0. The van der Waals surface area contributed by atoms with Crippen molar-refractivity contribution in [3.63, 3.8) is 0 Å². The van der Waals surface area contributed by atoms with E-state index in [0.717, 1.165) is 9.24 Å². The highest BCUT2D eigenvalue weighted by Gasteiger charge is 2.79. The van der Waals surface area contributed by atoms with Gasteiger partial charge in [-0.15, -0.1) is 9.24 Å². The lowest BCUT2D eigenvalue weighted by Gasteiger charge is -2.36. The smallest absolute Gasteiger partial charge is 0.200 e. The summed E-state index contributed by atoms with van der Waals surface area (Å²) in [6.45, 7) is 0.503. The first-order valence-electron chi connectivity index (χ1n) is 4.08. The van der Waals surface area contributed by atoms with Gasteiger partial charge in [0.1, 0.15) is 0 Å². The molecule has 0 bridgehead atoms. The fourth-order valence-electron chi connectivity index (χ4n) is 0.810. The van der Waals surface area contributed by atoms with Crippen LogP contribution in [-0.2, 0) is 0 Å². The molecule has 0 nitrogen and oxygen atoms in total. The van der Waals surface area contributed by atoms with E-state index in [9.17, 15) is 35.1 Å². The van der Waals surface area contributed by atoms with Crippen molar-refractivity contribution in [3.05, 3.63) is 0 Å². The maximum atomic E-state index is 12.7. The monoisotopic (exact) mass is 276 g/mol. The minimum Gasteiger partial charge on any atom is -0.200 e. The van der Waals surface area contributed by atoms with Crippen LogP contribution in [0.2, 0.25) is 0 Å². The van der Waals surface area contributed by atoms with Gasteiger partial charge in [0.05, 0.1) is 0 Å². The molecule has 0 amide bonds. The second-order valence-electron chi connectivity index (χ2n) is 3.12. The molecule has 0 saturated carbocycles. The second-order valence-corrected chi connectivity index (χ2v) is 3.52. The first-order chi connectivity index (χ1) is 6.87. The molecule has 0 aromatic rings. The van der Waals surface area contributed by atoms with Gasteiger partial charge in [0, 0.05) is 12.6 Å². The highest BCUT2D eigenvalue weighted by Crippen LogP contribution is 2.53. The Bertz CT molecular complexity index is 223. The molecule has 0 aliphatic rings. The summed E-state index contributed by atoms with van der Waals surface area (Å²) in [4.78, 5) is 0. The van der Waals surface area contributed by atoms with E-state index < -0.39 is 36.3 Å². The van der Waals surface area contributed by atoms with Gasteiger partial charge in [0.25, 0.3) is 0 Å². The Balaban J connectivity index is 5.46. The first kappa shape index (κ1) is 15.9. The van der Waals surface area contributed by atoms with Crippen molar-refractivity contribution in [2.75, 3.05) is 6.16 Å². The molecule has 0 aliphatic heterocycles. The lowest BCUT2D eigenvalue weighted by molar-refractivity contribution is -0.361. The molecule has 0 radical (unpaired) electrons. The molecule has 1 unspecified atom stereocenters. The van der Waals surface area contributed by atoms with Crippen LogP contribution in [0.4, 0.5) is 35.1 Å². The van der Waals surface area contributed by atoms with Gasteiger partial charge in [-0.1, -0.05) is 6.92 Å². The molecule has 98 valence electrons. The minimum atomic E-state index is -6.11. The van der Waals surface area contributed by atoms with Gasteiger partial charge in [0.2, 0.25) is 0 Å². The van der Waals surface area contributed by atoms with Gasteiger partial charge in [-0.3, -0.25) is 0 Å². The molecule has 0 fully saturated rings. The van der Waals surface area contributed by atoms with Crippen molar-refractivity contribution in [2.45, 2.75) is 37.0 Å². The maximum Gasteiger partial charge on any atom is 0.378 e. The van der Waals surface area contributed by atoms with Crippen LogP contribution in [0, 0.1) is 0 Å². The Kier molecular flexibility index (Phi) is 4.24. The van der Waals surface area contributed by atoms with Gasteiger partial charge in [0.15, 0.2) is 0 Å². The van der Waals surface area contributed by atoms with Crippen LogP contribution in [0.1, 0.15) is 13.3 Å². The third-order valence-corrected chi connectivity index (χ3v) is 2.53. The Labute approximate surface area is 88.6 Å². The standard InChI is InChI=1S/C7H9F8P/c1-2-4(8,9)6(12,13)7(14,15)5(10,11)3-16/h2-3,16H2,1H3. The third kappa shape index (κ3) is 2.13. The van der Waals surface area contributed by atoms with E-state index in [0.29, 0.717) is 6.92 Å². The van der Waals surface area contributed by atoms with Crippen LogP contribution >= 0.6 is 9.24 Å². The molecule has 1 atom stereocenters. The lowest BCUT2D eigenvalue weighted by atomic mass is 9.98. The van der Waals surface area contributed by atoms with Gasteiger partial charge in [-0.25, -0.2) is 0 Å². The molecule has 0 heterocycles. The SMILES string of the molecule is CCC(F)(F)C(F)(F)C(F)(F)C(F)(F)CP. The summed E-state index contributed by atoms with van der Waals surface area (Å²) in [5.41, 5.74) is 0. The van der Waals surface area contributed by atoms with Crippen LogP contribution < -0.4 is 0 Å². The predicted octanol–water partition coefficient (Wildman–Crippen LogP) is 3.81. The average molecular weight is 276 g/mol. The van der Waals surface area contributed by atoms with E-state index in [1.807, 2.05) is 0 Å². The van der Waals surface area contributed by atoms with E-state index in [2.05, 4.69) is 0 Å². The molecule has 0 N–H and O–H groups in total. The number of hydrogen-bond acceptors (Lipinski definition) is 0. The summed E-state index contributed by atoms with van der Waals surface area (Å²) in [5.74, 6) is -22.6. The van der Waals surface area contributed by atoms with Crippen LogP contribution in [-0.4, -0.2) is 29.9 Å². The largest absolute Gasteiger partial charge is 0.378 e. The molecule has 0 spiro atoms. The van der Waals surface area contributed by atoms with Crippen LogP contribution in [0.15, 0.2) is 0 Å². The van der Waals surface area contributed by atoms with Crippen molar-refractivity contribution in [3.8, 4) is 0 Å². The van der Waals surface area contributed by atoms with Crippen LogP contribution in [0.25, 0.3) is 0 Å². The summed E-state index contributed by atoms with van der Waals surface area (Å²) in [6.07, 6.45) is -3.40. The number of halogens is 8. The predicted molar refractivity (Wildman–Crippen MR) is 44.7 cm³/mol. The molecule has 0 rings (SSSR count). The Morgan fingerprint density at radius 1 is 0.750 bits per heavy atom. The maximum absolute atomic E-state index is 12.7. The Morgan fingerprint density at radius 2 is 1.06 bits per heavy atom. The molecular formula is C7H9F8P. The number of rotatable bonds is 5. The van der Waals surface area contributed by atoms with Crippen molar-refractivity contribution in [2.24, 2.45) is 0 Å². The highest BCUT2D eigenvalue weighted by atomic mass is 31.0. The summed E-state index contributed by atoms with van der Waals surface area (Å²) >= 11 is 0. The number of alkyl halides is 8. The van der Waals surface area contributed by atoms with Crippen LogP contribution in [0.5, 0.6) is 0 Å². The van der Waals surface area contributed by atoms with E-state index in [1.165, 1.54) is 0 Å². The minimum absolute atomic E-state index is 0.503. The first-order valence-corrected chi connectivity index (χ1v) is 4.90. The fraction of sp³-hybridized carbons (Fsp3) is 1.00. The topological polar surface area (TPSA) is 0 Å². The third-order valence-electron chi connectivity index (χ3n) is 2.01. The zero-order chi connectivity index (χ0) is 13.4. The average Bonchev–Trinajstić information content (AvgIpc) is 2.16. The van der Waals surface area contributed by atoms with Crippen molar-refractivity contribution in [1.82, 2.24) is 0 Å². The molecular weight excluding hydrogens is 267 g/mol. The van der Waals surface area contributed by atoms with E-state index in [4.69, 9.17) is 0 Å². The normalized spacial score (nSPS) is 15.4. The summed E-state index contributed by atoms with van der Waals surface area (Å²) in [7, 11) is 1.12. The number of hydrogen-bond donors (Lipinski definition) is 0. The molecule has 16 heavy (non-hydrogen) atoms. The molecule has 9 heteroatoms. The second kappa shape index (κ2) is 4.27. The van der Waals surface area contributed by atoms with E-state index >= 15 is 0 Å². The van der Waals surface area contributed by atoms with Gasteiger partial charge < -0.3 is 0 Å². The van der Waals surface area contributed by atoms with E-state index in [1.54, 1.807) is 0 Å². The zero-order valence-corrected chi connectivity index (χ0v) is 9.17. The highest BCUT2D eigenvalue weighted by molar-refractivity contribution is 7.16. The van der Waals surface area contributed by atoms with Gasteiger partial charge in [-0.05, 0) is 0 Å². The summed E-state index contributed by atoms with van der Waals surface area (Å²) in [5, 5.41) is 0. The van der Waals surface area contributed by atoms with Gasteiger partial charge >= 0.3 is 23.7 Å². The molecule has 0 aliphatic carbocycles. The molecule has 0 aromatic heterocycles. The zero-order valence-electron chi connectivity index (χ0n) is 8.02. The Morgan fingerprint density at radius 3 is 1.31 bits per heavy atom. The Hall–Kier alpha value is -0.130. The quantitative estimate of drug-likeness (QED) is 0.529. The van der Waals surface area contributed by atoms with E-state index in [-0.39, 0.29) is 0 Å². The van der Waals surface area contributed by atoms with Crippen molar-refractivity contribution >= 4 is 9.24 Å². The van der Waals surface area contributed by atoms with Crippen molar-refractivity contribution in [1.29, 1.82) is 0 Å². The fourth-order valence-corrected chi connectivity index (χ4v) is 1.07. The summed E-state index contributed by atoms with van der Waals surface area (Å²) < 4.78 is 101. The lowest BCUT2D eigenvalue weighted by Crippen LogP contribution is -2.62. The van der Waals surface area contributed by atoms with Crippen LogP contribution in [0.3, 0.4) is 0 Å². The molecule has 0 aromatic carbocycles. The molecule has 0 saturated heterocycles. The van der Waals surface area contributed by atoms with Gasteiger partial charge in [-0.2, -0.15) is 35.1 Å².